The Morgan fingerprint density at radius 3 is 2.60 bits per heavy atom. The third kappa shape index (κ3) is 3.42. The number of nitrogens with one attached hydrogen (secondary N) is 2. The van der Waals surface area contributed by atoms with E-state index in [1.807, 2.05) is 11.0 Å². The zero-order valence-electron chi connectivity index (χ0n) is 12.5. The molecule has 0 spiro atoms. The molecule has 0 atom stereocenters. The van der Waals surface area contributed by atoms with E-state index in [2.05, 4.69) is 30.5 Å². The maximum atomic E-state index is 12.1. The lowest BCUT2D eigenvalue weighted by molar-refractivity contribution is 0.189. The van der Waals surface area contributed by atoms with E-state index >= 15 is 0 Å². The summed E-state index contributed by atoms with van der Waals surface area (Å²) in [6.45, 7) is 7.86. The molecule has 0 radical (unpaired) electrons. The van der Waals surface area contributed by atoms with Crippen LogP contribution in [-0.4, -0.2) is 44.2 Å². The molecule has 0 aliphatic carbocycles. The lowest BCUT2D eigenvalue weighted by atomic mass is 10.1. The van der Waals surface area contributed by atoms with Crippen LogP contribution >= 0.6 is 0 Å². The number of nitrogens with zero attached hydrogens (tertiary/aromatic N) is 1. The van der Waals surface area contributed by atoms with Gasteiger partial charge in [-0.3, -0.25) is 0 Å². The van der Waals surface area contributed by atoms with E-state index in [1.165, 1.54) is 11.1 Å². The highest BCUT2D eigenvalue weighted by Gasteiger charge is 2.16. The van der Waals surface area contributed by atoms with Crippen molar-refractivity contribution in [1.82, 2.24) is 15.5 Å². The fourth-order valence-corrected chi connectivity index (χ4v) is 2.33. The molecule has 1 fully saturated rings. The van der Waals surface area contributed by atoms with Gasteiger partial charge in [-0.25, -0.2) is 4.79 Å². The monoisotopic (exact) mass is 277 g/mol. The molecule has 2 amide bonds. The van der Waals surface area contributed by atoms with Gasteiger partial charge in [-0.05, 0) is 31.0 Å². The van der Waals surface area contributed by atoms with Gasteiger partial charge in [-0.1, -0.05) is 6.07 Å². The summed E-state index contributed by atoms with van der Waals surface area (Å²) in [4.78, 5) is 13.9. The first-order valence-corrected chi connectivity index (χ1v) is 6.99. The Hall–Kier alpha value is -1.75. The van der Waals surface area contributed by atoms with Gasteiger partial charge in [0, 0.05) is 38.3 Å². The molecule has 1 aromatic carbocycles. The van der Waals surface area contributed by atoms with Gasteiger partial charge in [0.2, 0.25) is 0 Å². The van der Waals surface area contributed by atoms with Crippen LogP contribution in [0.25, 0.3) is 0 Å². The van der Waals surface area contributed by atoms with Crippen LogP contribution in [0.3, 0.4) is 0 Å². The maximum absolute atomic E-state index is 12.1. The lowest BCUT2D eigenvalue weighted by Gasteiger charge is -2.27. The number of methoxy groups -OCH3 is 1. The standard InChI is InChI=1S/C15H23N3O2/c1-11-8-13(14(20-3)9-12(11)2)10-17-15(19)18-6-4-16-5-7-18/h8-9,16H,4-7,10H2,1-3H3,(H,17,19). The predicted molar refractivity (Wildman–Crippen MR) is 79.1 cm³/mol. The van der Waals surface area contributed by atoms with Crippen molar-refractivity contribution in [3.63, 3.8) is 0 Å². The molecule has 110 valence electrons. The highest BCUT2D eigenvalue weighted by Crippen LogP contribution is 2.22. The topological polar surface area (TPSA) is 53.6 Å². The number of hydrogen-bond acceptors (Lipinski definition) is 3. The molecule has 1 aliphatic heterocycles. The van der Waals surface area contributed by atoms with Crippen LogP contribution in [0.1, 0.15) is 16.7 Å². The van der Waals surface area contributed by atoms with Gasteiger partial charge in [0.1, 0.15) is 5.75 Å². The highest BCUT2D eigenvalue weighted by atomic mass is 16.5. The Bertz CT molecular complexity index is 482. The second kappa shape index (κ2) is 6.61. The predicted octanol–water partition coefficient (Wildman–Crippen LogP) is 1.43. The van der Waals surface area contributed by atoms with Gasteiger partial charge in [-0.2, -0.15) is 0 Å². The molecule has 2 rings (SSSR count). The van der Waals surface area contributed by atoms with Crippen molar-refractivity contribution in [3.05, 3.63) is 28.8 Å². The number of rotatable bonds is 3. The molecule has 0 bridgehead atoms. The fourth-order valence-electron chi connectivity index (χ4n) is 2.33. The Morgan fingerprint density at radius 1 is 1.30 bits per heavy atom. The lowest BCUT2D eigenvalue weighted by Crippen LogP contribution is -2.50. The number of carbonyl (C=O) groups is 1. The number of amides is 2. The second-order valence-corrected chi connectivity index (χ2v) is 5.14. The van der Waals surface area contributed by atoms with Gasteiger partial charge in [-0.15, -0.1) is 0 Å². The van der Waals surface area contributed by atoms with Crippen molar-refractivity contribution in [2.24, 2.45) is 0 Å². The summed E-state index contributed by atoms with van der Waals surface area (Å²) in [6.07, 6.45) is 0. The van der Waals surface area contributed by atoms with Crippen LogP contribution in [0.15, 0.2) is 12.1 Å². The van der Waals surface area contributed by atoms with Crippen molar-refractivity contribution in [2.75, 3.05) is 33.3 Å². The van der Waals surface area contributed by atoms with Crippen molar-refractivity contribution in [1.29, 1.82) is 0 Å². The zero-order valence-corrected chi connectivity index (χ0v) is 12.5. The van der Waals surface area contributed by atoms with Crippen molar-refractivity contribution in [2.45, 2.75) is 20.4 Å². The van der Waals surface area contributed by atoms with E-state index in [1.54, 1.807) is 7.11 Å². The number of ether oxygens (including phenoxy) is 1. The molecule has 1 heterocycles. The van der Waals surface area contributed by atoms with Crippen molar-refractivity contribution < 1.29 is 9.53 Å². The molecule has 0 saturated carbocycles. The van der Waals surface area contributed by atoms with Crippen LogP contribution in [0.5, 0.6) is 5.75 Å². The van der Waals surface area contributed by atoms with Crippen LogP contribution in [0.4, 0.5) is 4.79 Å². The van der Waals surface area contributed by atoms with Gasteiger partial charge in [0.15, 0.2) is 0 Å². The summed E-state index contributed by atoms with van der Waals surface area (Å²) in [6, 6.07) is 4.08. The molecule has 1 aliphatic rings. The second-order valence-electron chi connectivity index (χ2n) is 5.14. The summed E-state index contributed by atoms with van der Waals surface area (Å²) < 4.78 is 5.38. The molecule has 2 N–H and O–H groups in total. The zero-order chi connectivity index (χ0) is 14.5. The van der Waals surface area contributed by atoms with E-state index in [0.29, 0.717) is 6.54 Å². The first-order valence-electron chi connectivity index (χ1n) is 6.99. The minimum absolute atomic E-state index is 0.00761. The van der Waals surface area contributed by atoms with Crippen molar-refractivity contribution >= 4 is 6.03 Å². The van der Waals surface area contributed by atoms with E-state index in [4.69, 9.17) is 4.74 Å². The van der Waals surface area contributed by atoms with Crippen LogP contribution in [0.2, 0.25) is 0 Å². The molecule has 0 aromatic heterocycles. The number of aryl methyl sites for hydroxylation is 2. The number of carbonyl (C=O) groups excluding carboxylic acids is 1. The van der Waals surface area contributed by atoms with E-state index in [0.717, 1.165) is 37.5 Å². The minimum Gasteiger partial charge on any atom is -0.496 e. The van der Waals surface area contributed by atoms with E-state index in [-0.39, 0.29) is 6.03 Å². The largest absolute Gasteiger partial charge is 0.496 e. The summed E-state index contributed by atoms with van der Waals surface area (Å²) >= 11 is 0. The molecule has 5 heteroatoms. The van der Waals surface area contributed by atoms with Gasteiger partial charge < -0.3 is 20.3 Å². The Kier molecular flexibility index (Phi) is 4.84. The Morgan fingerprint density at radius 2 is 1.95 bits per heavy atom. The van der Waals surface area contributed by atoms with Gasteiger partial charge >= 0.3 is 6.03 Å². The summed E-state index contributed by atoms with van der Waals surface area (Å²) in [5.74, 6) is 0.828. The Labute approximate surface area is 120 Å². The quantitative estimate of drug-likeness (QED) is 0.879. The van der Waals surface area contributed by atoms with E-state index < -0.39 is 0 Å². The Balaban J connectivity index is 1.99. The third-order valence-corrected chi connectivity index (χ3v) is 3.73. The first-order chi connectivity index (χ1) is 9.61. The average Bonchev–Trinajstić information content (AvgIpc) is 2.48. The first kappa shape index (κ1) is 14.7. The number of hydrogen-bond donors (Lipinski definition) is 2. The van der Waals surface area contributed by atoms with E-state index in [9.17, 15) is 4.79 Å². The third-order valence-electron chi connectivity index (χ3n) is 3.73. The van der Waals surface area contributed by atoms with Gasteiger partial charge in [0.25, 0.3) is 0 Å². The molecule has 20 heavy (non-hydrogen) atoms. The molecule has 1 aromatic rings. The number of piperazine rings is 1. The normalized spacial score (nSPS) is 15.1. The fraction of sp³-hybridized carbons (Fsp3) is 0.533. The van der Waals surface area contributed by atoms with Crippen LogP contribution in [-0.2, 0) is 6.54 Å². The van der Waals surface area contributed by atoms with Crippen LogP contribution in [0, 0.1) is 13.8 Å². The maximum Gasteiger partial charge on any atom is 0.317 e. The summed E-state index contributed by atoms with van der Waals surface area (Å²) in [5, 5.41) is 6.20. The van der Waals surface area contributed by atoms with Crippen LogP contribution < -0.4 is 15.4 Å². The SMILES string of the molecule is COc1cc(C)c(C)cc1CNC(=O)N1CCNCC1. The molecular formula is C15H23N3O2. The summed E-state index contributed by atoms with van der Waals surface area (Å²) in [5.41, 5.74) is 3.41. The average molecular weight is 277 g/mol. The van der Waals surface area contributed by atoms with Gasteiger partial charge in [0.05, 0.1) is 7.11 Å². The smallest absolute Gasteiger partial charge is 0.317 e. The number of benzene rings is 1. The van der Waals surface area contributed by atoms with Crippen molar-refractivity contribution in [3.8, 4) is 5.75 Å². The molecular weight excluding hydrogens is 254 g/mol. The number of urea groups is 1. The highest BCUT2D eigenvalue weighted by molar-refractivity contribution is 5.74. The minimum atomic E-state index is -0.00761. The summed E-state index contributed by atoms with van der Waals surface area (Å²) in [7, 11) is 1.66. The molecule has 1 saturated heterocycles. The molecule has 5 nitrogen and oxygen atoms in total. The molecule has 0 unspecified atom stereocenters.